The predicted octanol–water partition coefficient (Wildman–Crippen LogP) is 0.539. The SMILES string of the molecule is CCC(C)NCCN1CCN(C(C)=O)CC1. The van der Waals surface area contributed by atoms with Crippen molar-refractivity contribution < 1.29 is 4.79 Å². The number of carbonyl (C=O) groups is 1. The van der Waals surface area contributed by atoms with Crippen LogP contribution >= 0.6 is 0 Å². The number of hydrogen-bond donors (Lipinski definition) is 1. The summed E-state index contributed by atoms with van der Waals surface area (Å²) < 4.78 is 0. The standard InChI is InChI=1S/C12H25N3O/c1-4-11(2)13-5-6-14-7-9-15(10-8-14)12(3)16/h11,13H,4-10H2,1-3H3. The molecule has 1 N–H and O–H groups in total. The van der Waals surface area contributed by atoms with Gasteiger partial charge in [0.25, 0.3) is 0 Å². The van der Waals surface area contributed by atoms with E-state index in [-0.39, 0.29) is 5.91 Å². The molecule has 16 heavy (non-hydrogen) atoms. The Morgan fingerprint density at radius 1 is 1.31 bits per heavy atom. The molecule has 1 unspecified atom stereocenters. The minimum absolute atomic E-state index is 0.206. The van der Waals surface area contributed by atoms with Gasteiger partial charge < -0.3 is 10.2 Å². The van der Waals surface area contributed by atoms with Gasteiger partial charge in [-0.2, -0.15) is 0 Å². The highest BCUT2D eigenvalue weighted by atomic mass is 16.2. The zero-order chi connectivity index (χ0) is 12.0. The summed E-state index contributed by atoms with van der Waals surface area (Å²) in [5.41, 5.74) is 0. The van der Waals surface area contributed by atoms with Crippen LogP contribution in [0.4, 0.5) is 0 Å². The van der Waals surface area contributed by atoms with Crippen molar-refractivity contribution >= 4 is 5.91 Å². The largest absolute Gasteiger partial charge is 0.340 e. The van der Waals surface area contributed by atoms with Crippen molar-refractivity contribution in [2.75, 3.05) is 39.3 Å². The van der Waals surface area contributed by atoms with Crippen molar-refractivity contribution in [3.05, 3.63) is 0 Å². The monoisotopic (exact) mass is 227 g/mol. The van der Waals surface area contributed by atoms with Gasteiger partial charge in [-0.3, -0.25) is 9.69 Å². The number of rotatable bonds is 5. The molecule has 1 amide bonds. The highest BCUT2D eigenvalue weighted by molar-refractivity contribution is 5.73. The molecule has 94 valence electrons. The lowest BCUT2D eigenvalue weighted by molar-refractivity contribution is -0.130. The van der Waals surface area contributed by atoms with Gasteiger partial charge >= 0.3 is 0 Å². The van der Waals surface area contributed by atoms with Gasteiger partial charge in [-0.15, -0.1) is 0 Å². The Morgan fingerprint density at radius 3 is 2.44 bits per heavy atom. The first-order chi connectivity index (χ1) is 7.63. The number of carbonyl (C=O) groups excluding carboxylic acids is 1. The minimum atomic E-state index is 0.206. The van der Waals surface area contributed by atoms with Gasteiger partial charge in [-0.05, 0) is 13.3 Å². The van der Waals surface area contributed by atoms with Crippen LogP contribution in [0.1, 0.15) is 27.2 Å². The van der Waals surface area contributed by atoms with Crippen molar-refractivity contribution in [2.24, 2.45) is 0 Å². The molecule has 0 aromatic heterocycles. The van der Waals surface area contributed by atoms with E-state index in [0.29, 0.717) is 6.04 Å². The van der Waals surface area contributed by atoms with Crippen LogP contribution in [0.3, 0.4) is 0 Å². The van der Waals surface area contributed by atoms with E-state index in [0.717, 1.165) is 39.3 Å². The second kappa shape index (κ2) is 6.86. The summed E-state index contributed by atoms with van der Waals surface area (Å²) in [5.74, 6) is 0.206. The maximum Gasteiger partial charge on any atom is 0.219 e. The third-order valence-corrected chi connectivity index (χ3v) is 3.35. The van der Waals surface area contributed by atoms with Crippen LogP contribution in [0.5, 0.6) is 0 Å². The van der Waals surface area contributed by atoms with Gasteiger partial charge in [0.15, 0.2) is 0 Å². The first-order valence-electron chi connectivity index (χ1n) is 6.34. The Morgan fingerprint density at radius 2 is 1.94 bits per heavy atom. The zero-order valence-corrected chi connectivity index (χ0v) is 10.8. The van der Waals surface area contributed by atoms with Gasteiger partial charge in [0, 0.05) is 52.2 Å². The van der Waals surface area contributed by atoms with E-state index in [9.17, 15) is 4.79 Å². The lowest BCUT2D eigenvalue weighted by Gasteiger charge is -2.34. The topological polar surface area (TPSA) is 35.6 Å². The number of nitrogens with zero attached hydrogens (tertiary/aromatic N) is 2. The van der Waals surface area contributed by atoms with E-state index < -0.39 is 0 Å². The van der Waals surface area contributed by atoms with Gasteiger partial charge in [-0.1, -0.05) is 6.92 Å². The minimum Gasteiger partial charge on any atom is -0.340 e. The number of hydrogen-bond acceptors (Lipinski definition) is 3. The van der Waals surface area contributed by atoms with E-state index in [4.69, 9.17) is 0 Å². The van der Waals surface area contributed by atoms with Gasteiger partial charge in [-0.25, -0.2) is 0 Å². The fraction of sp³-hybridized carbons (Fsp3) is 0.917. The van der Waals surface area contributed by atoms with Crippen LogP contribution in [0.25, 0.3) is 0 Å². The van der Waals surface area contributed by atoms with Crippen LogP contribution < -0.4 is 5.32 Å². The smallest absolute Gasteiger partial charge is 0.219 e. The number of nitrogens with one attached hydrogen (secondary N) is 1. The molecule has 1 aliphatic rings. The molecule has 1 rings (SSSR count). The summed E-state index contributed by atoms with van der Waals surface area (Å²) in [6.45, 7) is 12.0. The fourth-order valence-electron chi connectivity index (χ4n) is 1.90. The molecule has 4 heteroatoms. The molecular weight excluding hydrogens is 202 g/mol. The molecule has 0 aromatic rings. The highest BCUT2D eigenvalue weighted by Crippen LogP contribution is 2.01. The maximum absolute atomic E-state index is 11.1. The lowest BCUT2D eigenvalue weighted by Crippen LogP contribution is -2.49. The second-order valence-electron chi connectivity index (χ2n) is 4.61. The molecular formula is C12H25N3O. The van der Waals surface area contributed by atoms with Crippen LogP contribution in [-0.2, 0) is 4.79 Å². The van der Waals surface area contributed by atoms with E-state index in [1.165, 1.54) is 6.42 Å². The van der Waals surface area contributed by atoms with Gasteiger partial charge in [0.2, 0.25) is 5.91 Å². The summed E-state index contributed by atoms with van der Waals surface area (Å²) in [6, 6.07) is 0.610. The molecule has 0 radical (unpaired) electrons. The molecule has 0 bridgehead atoms. The number of amides is 1. The lowest BCUT2D eigenvalue weighted by atomic mass is 10.2. The van der Waals surface area contributed by atoms with Gasteiger partial charge in [0.1, 0.15) is 0 Å². The molecule has 1 atom stereocenters. The Balaban J connectivity index is 2.10. The number of piperazine rings is 1. The van der Waals surface area contributed by atoms with Crippen molar-refractivity contribution in [1.29, 1.82) is 0 Å². The Bertz CT molecular complexity index is 212. The van der Waals surface area contributed by atoms with Crippen LogP contribution in [0, 0.1) is 0 Å². The Kier molecular flexibility index (Phi) is 5.77. The average molecular weight is 227 g/mol. The molecule has 1 saturated heterocycles. The van der Waals surface area contributed by atoms with Crippen LogP contribution in [0.15, 0.2) is 0 Å². The summed E-state index contributed by atoms with van der Waals surface area (Å²) in [7, 11) is 0. The summed E-state index contributed by atoms with van der Waals surface area (Å²) in [6.07, 6.45) is 1.18. The van der Waals surface area contributed by atoms with Crippen molar-refractivity contribution in [1.82, 2.24) is 15.1 Å². The molecule has 4 nitrogen and oxygen atoms in total. The van der Waals surface area contributed by atoms with E-state index >= 15 is 0 Å². The summed E-state index contributed by atoms with van der Waals surface area (Å²) in [5, 5.41) is 3.49. The summed E-state index contributed by atoms with van der Waals surface area (Å²) >= 11 is 0. The average Bonchev–Trinajstić information content (AvgIpc) is 2.29. The highest BCUT2D eigenvalue weighted by Gasteiger charge is 2.17. The molecule has 1 heterocycles. The summed E-state index contributed by atoms with van der Waals surface area (Å²) in [4.78, 5) is 15.5. The molecule has 1 fully saturated rings. The van der Waals surface area contributed by atoms with Crippen molar-refractivity contribution in [3.8, 4) is 0 Å². The first-order valence-corrected chi connectivity index (χ1v) is 6.34. The normalized spacial score (nSPS) is 19.8. The second-order valence-corrected chi connectivity index (χ2v) is 4.61. The van der Waals surface area contributed by atoms with Crippen LogP contribution in [0.2, 0.25) is 0 Å². The quantitative estimate of drug-likeness (QED) is 0.744. The fourth-order valence-corrected chi connectivity index (χ4v) is 1.90. The molecule has 0 saturated carbocycles. The predicted molar refractivity (Wildman–Crippen MR) is 66.4 cm³/mol. The molecule has 0 aliphatic carbocycles. The Labute approximate surface area is 99.0 Å². The van der Waals surface area contributed by atoms with E-state index in [1.807, 2.05) is 4.90 Å². The third-order valence-electron chi connectivity index (χ3n) is 3.35. The van der Waals surface area contributed by atoms with Crippen LogP contribution in [-0.4, -0.2) is 61.0 Å². The third kappa shape index (κ3) is 4.49. The van der Waals surface area contributed by atoms with Gasteiger partial charge in [0.05, 0.1) is 0 Å². The Hall–Kier alpha value is -0.610. The maximum atomic E-state index is 11.1. The van der Waals surface area contributed by atoms with E-state index in [2.05, 4.69) is 24.1 Å². The zero-order valence-electron chi connectivity index (χ0n) is 10.8. The molecule has 0 aromatic carbocycles. The molecule has 1 aliphatic heterocycles. The first kappa shape index (κ1) is 13.5. The van der Waals surface area contributed by atoms with E-state index in [1.54, 1.807) is 6.92 Å². The van der Waals surface area contributed by atoms with Crippen molar-refractivity contribution in [3.63, 3.8) is 0 Å². The van der Waals surface area contributed by atoms with Crippen molar-refractivity contribution in [2.45, 2.75) is 33.2 Å². The molecule has 0 spiro atoms.